The van der Waals surface area contributed by atoms with Crippen molar-refractivity contribution in [2.75, 3.05) is 13.1 Å². The number of hydrogen-bond acceptors (Lipinski definition) is 4. The first-order chi connectivity index (χ1) is 10.1. The molecule has 0 spiro atoms. The van der Waals surface area contributed by atoms with Crippen molar-refractivity contribution in [3.05, 3.63) is 24.3 Å². The molecular formula is C17H28N4. The molecule has 3 rings (SSSR count). The molecule has 1 saturated heterocycles. The molecule has 21 heavy (non-hydrogen) atoms. The second-order valence-corrected chi connectivity index (χ2v) is 7.00. The zero-order valence-corrected chi connectivity index (χ0v) is 13.6. The number of aromatic nitrogens is 2. The lowest BCUT2D eigenvalue weighted by atomic mass is 9.81. The van der Waals surface area contributed by atoms with Gasteiger partial charge in [0, 0.05) is 36.6 Å². The highest BCUT2D eigenvalue weighted by Gasteiger charge is 2.49. The summed E-state index contributed by atoms with van der Waals surface area (Å²) in [6.45, 7) is 10.1. The van der Waals surface area contributed by atoms with Crippen molar-refractivity contribution in [3.63, 3.8) is 0 Å². The minimum absolute atomic E-state index is 0.244. The summed E-state index contributed by atoms with van der Waals surface area (Å²) < 4.78 is 0. The van der Waals surface area contributed by atoms with E-state index >= 15 is 0 Å². The minimum atomic E-state index is 0.244. The van der Waals surface area contributed by atoms with Crippen LogP contribution in [0.3, 0.4) is 0 Å². The molecule has 0 aromatic carbocycles. The van der Waals surface area contributed by atoms with E-state index in [0.29, 0.717) is 0 Å². The normalized spacial score (nSPS) is 29.5. The van der Waals surface area contributed by atoms with Crippen LogP contribution in [0.5, 0.6) is 0 Å². The van der Waals surface area contributed by atoms with Crippen LogP contribution in [0.1, 0.15) is 52.3 Å². The highest BCUT2D eigenvalue weighted by atomic mass is 15.3. The molecule has 1 aromatic rings. The number of rotatable bonds is 5. The van der Waals surface area contributed by atoms with Gasteiger partial charge in [-0.05, 0) is 44.6 Å². The maximum absolute atomic E-state index is 4.44. The number of nitrogens with zero attached hydrogens (tertiary/aromatic N) is 3. The summed E-state index contributed by atoms with van der Waals surface area (Å²) in [4.78, 5) is 11.5. The van der Waals surface area contributed by atoms with E-state index in [1.165, 1.54) is 25.7 Å². The molecule has 0 amide bonds. The highest BCUT2D eigenvalue weighted by molar-refractivity contribution is 5.09. The van der Waals surface area contributed by atoms with Crippen LogP contribution in [0, 0.1) is 5.92 Å². The van der Waals surface area contributed by atoms with E-state index in [0.717, 1.165) is 31.4 Å². The van der Waals surface area contributed by atoms with Crippen LogP contribution in [0.2, 0.25) is 0 Å². The Morgan fingerprint density at radius 3 is 2.48 bits per heavy atom. The first-order valence-electron chi connectivity index (χ1n) is 8.38. The number of hydrogen-bond donors (Lipinski definition) is 1. The second kappa shape index (κ2) is 5.65. The molecule has 1 N–H and O–H groups in total. The van der Waals surface area contributed by atoms with Gasteiger partial charge in [0.25, 0.3) is 0 Å². The Balaban J connectivity index is 1.82. The van der Waals surface area contributed by atoms with Gasteiger partial charge in [-0.2, -0.15) is 0 Å². The van der Waals surface area contributed by atoms with Crippen molar-refractivity contribution in [1.29, 1.82) is 0 Å². The molecule has 1 unspecified atom stereocenters. The van der Waals surface area contributed by atoms with Gasteiger partial charge in [-0.1, -0.05) is 13.8 Å². The van der Waals surface area contributed by atoms with Crippen molar-refractivity contribution < 1.29 is 0 Å². The molecule has 2 heterocycles. The highest BCUT2D eigenvalue weighted by Crippen LogP contribution is 2.43. The predicted molar refractivity (Wildman–Crippen MR) is 84.9 cm³/mol. The third kappa shape index (κ3) is 2.84. The maximum atomic E-state index is 4.44. The zero-order chi connectivity index (χ0) is 14.9. The topological polar surface area (TPSA) is 41.0 Å². The van der Waals surface area contributed by atoms with Gasteiger partial charge < -0.3 is 5.32 Å². The van der Waals surface area contributed by atoms with Crippen molar-refractivity contribution in [2.45, 2.75) is 64.1 Å². The molecule has 1 aliphatic carbocycles. The average Bonchev–Trinajstić information content (AvgIpc) is 3.35. The molecule has 1 atom stereocenters. The minimum Gasteiger partial charge on any atom is -0.308 e. The SMILES string of the molecule is CCC1(CC)CNC(C)(C2CC2)CN1Cc1ncccn1. The Labute approximate surface area is 128 Å². The Morgan fingerprint density at radius 2 is 1.90 bits per heavy atom. The molecule has 4 heteroatoms. The van der Waals surface area contributed by atoms with Gasteiger partial charge in [-0.25, -0.2) is 9.97 Å². The third-order valence-corrected chi connectivity index (χ3v) is 5.76. The summed E-state index contributed by atoms with van der Waals surface area (Å²) in [6, 6.07) is 1.89. The Kier molecular flexibility index (Phi) is 4.02. The van der Waals surface area contributed by atoms with Crippen LogP contribution in [-0.2, 0) is 6.54 Å². The van der Waals surface area contributed by atoms with E-state index in [1.807, 2.05) is 18.5 Å². The van der Waals surface area contributed by atoms with E-state index in [4.69, 9.17) is 0 Å². The van der Waals surface area contributed by atoms with Crippen LogP contribution < -0.4 is 5.32 Å². The fourth-order valence-corrected chi connectivity index (χ4v) is 3.85. The molecule has 116 valence electrons. The zero-order valence-electron chi connectivity index (χ0n) is 13.6. The Bertz CT molecular complexity index is 467. The summed E-state index contributed by atoms with van der Waals surface area (Å²) in [5.74, 6) is 1.80. The summed E-state index contributed by atoms with van der Waals surface area (Å²) in [7, 11) is 0. The third-order valence-electron chi connectivity index (χ3n) is 5.76. The standard InChI is InChI=1S/C17H28N4/c1-4-17(5-2)12-20-16(3,14-7-8-14)13-21(17)11-15-18-9-6-10-19-15/h6,9-10,14,20H,4-5,7-8,11-13H2,1-3H3. The van der Waals surface area contributed by atoms with Gasteiger partial charge in [-0.15, -0.1) is 0 Å². The lowest BCUT2D eigenvalue weighted by molar-refractivity contribution is -0.0114. The van der Waals surface area contributed by atoms with Gasteiger partial charge in [0.2, 0.25) is 0 Å². The molecule has 0 radical (unpaired) electrons. The summed E-state index contributed by atoms with van der Waals surface area (Å²) >= 11 is 0. The predicted octanol–water partition coefficient (Wildman–Crippen LogP) is 2.61. The van der Waals surface area contributed by atoms with Crippen molar-refractivity contribution in [3.8, 4) is 0 Å². The number of piperazine rings is 1. The molecule has 1 aromatic heterocycles. The molecule has 2 fully saturated rings. The van der Waals surface area contributed by atoms with Crippen molar-refractivity contribution in [2.24, 2.45) is 5.92 Å². The van der Waals surface area contributed by atoms with Gasteiger partial charge in [-0.3, -0.25) is 4.90 Å². The largest absolute Gasteiger partial charge is 0.308 e. The summed E-state index contributed by atoms with van der Waals surface area (Å²) in [6.07, 6.45) is 8.80. The Hall–Kier alpha value is -1.00. The number of nitrogens with one attached hydrogen (secondary N) is 1. The lowest BCUT2D eigenvalue weighted by Gasteiger charge is -2.53. The smallest absolute Gasteiger partial charge is 0.142 e. The molecule has 4 nitrogen and oxygen atoms in total. The van der Waals surface area contributed by atoms with Crippen molar-refractivity contribution >= 4 is 0 Å². The molecular weight excluding hydrogens is 260 g/mol. The summed E-state index contributed by atoms with van der Waals surface area (Å²) in [5, 5.41) is 3.88. The van der Waals surface area contributed by atoms with Gasteiger partial charge in [0.1, 0.15) is 5.82 Å². The van der Waals surface area contributed by atoms with Crippen LogP contribution >= 0.6 is 0 Å². The van der Waals surface area contributed by atoms with Gasteiger partial charge in [0.15, 0.2) is 0 Å². The van der Waals surface area contributed by atoms with E-state index in [-0.39, 0.29) is 11.1 Å². The van der Waals surface area contributed by atoms with E-state index in [2.05, 4.69) is 41.0 Å². The fourth-order valence-electron chi connectivity index (χ4n) is 3.85. The molecule has 1 saturated carbocycles. The van der Waals surface area contributed by atoms with Crippen LogP contribution in [0.15, 0.2) is 18.5 Å². The van der Waals surface area contributed by atoms with E-state index < -0.39 is 0 Å². The fraction of sp³-hybridized carbons (Fsp3) is 0.765. The first kappa shape index (κ1) is 14.9. The quantitative estimate of drug-likeness (QED) is 0.904. The molecule has 0 bridgehead atoms. The van der Waals surface area contributed by atoms with Crippen molar-refractivity contribution in [1.82, 2.24) is 20.2 Å². The average molecular weight is 288 g/mol. The summed E-state index contributed by atoms with van der Waals surface area (Å²) in [5.41, 5.74) is 0.510. The maximum Gasteiger partial charge on any atom is 0.142 e. The lowest BCUT2D eigenvalue weighted by Crippen LogP contribution is -2.69. The van der Waals surface area contributed by atoms with Crippen LogP contribution in [-0.4, -0.2) is 39.0 Å². The van der Waals surface area contributed by atoms with Gasteiger partial charge in [0.05, 0.1) is 6.54 Å². The van der Waals surface area contributed by atoms with Gasteiger partial charge >= 0.3 is 0 Å². The molecule has 1 aliphatic heterocycles. The van der Waals surface area contributed by atoms with E-state index in [9.17, 15) is 0 Å². The van der Waals surface area contributed by atoms with Crippen LogP contribution in [0.25, 0.3) is 0 Å². The Morgan fingerprint density at radius 1 is 1.24 bits per heavy atom. The monoisotopic (exact) mass is 288 g/mol. The first-order valence-corrected chi connectivity index (χ1v) is 8.38. The molecule has 2 aliphatic rings. The van der Waals surface area contributed by atoms with Crippen LogP contribution in [0.4, 0.5) is 0 Å². The van der Waals surface area contributed by atoms with E-state index in [1.54, 1.807) is 0 Å². The second-order valence-electron chi connectivity index (χ2n) is 7.00.